The molecule has 0 radical (unpaired) electrons. The van der Waals surface area contributed by atoms with Gasteiger partial charge in [-0.25, -0.2) is 4.98 Å². The van der Waals surface area contributed by atoms with E-state index in [0.29, 0.717) is 0 Å². The Morgan fingerprint density at radius 3 is 2.88 bits per heavy atom. The fraction of sp³-hybridized carbons (Fsp3) is 0.667. The molecular formula is C12H18N2OS. The fourth-order valence-corrected chi connectivity index (χ4v) is 3.34. The van der Waals surface area contributed by atoms with E-state index >= 15 is 0 Å². The first-order valence-corrected chi connectivity index (χ1v) is 6.97. The fourth-order valence-electron chi connectivity index (χ4n) is 2.14. The molecular weight excluding hydrogens is 220 g/mol. The van der Waals surface area contributed by atoms with Crippen LogP contribution in [0, 0.1) is 6.92 Å². The number of nitrogens with zero attached hydrogens (tertiary/aromatic N) is 1. The maximum absolute atomic E-state index is 11.3. The summed E-state index contributed by atoms with van der Waals surface area (Å²) in [5, 5.41) is 0.763. The van der Waals surface area contributed by atoms with Crippen molar-refractivity contribution in [1.82, 2.24) is 9.97 Å². The normalized spacial score (nSPS) is 17.6. The van der Waals surface area contributed by atoms with Gasteiger partial charge in [-0.3, -0.25) is 4.79 Å². The molecule has 0 aromatic carbocycles. The minimum absolute atomic E-state index is 0.0354. The summed E-state index contributed by atoms with van der Waals surface area (Å²) in [7, 11) is 0. The maximum atomic E-state index is 11.3. The number of hydrogen-bond donors (Lipinski definition) is 1. The highest BCUT2D eigenvalue weighted by Crippen LogP contribution is 2.29. The predicted octanol–water partition coefficient (Wildman–Crippen LogP) is 2.64. The van der Waals surface area contributed by atoms with Crippen LogP contribution < -0.4 is 5.56 Å². The van der Waals surface area contributed by atoms with Gasteiger partial charge in [0.2, 0.25) is 0 Å². The average molecular weight is 238 g/mol. The van der Waals surface area contributed by atoms with Crippen molar-refractivity contribution in [2.45, 2.75) is 50.0 Å². The van der Waals surface area contributed by atoms with Crippen molar-refractivity contribution in [2.75, 3.05) is 0 Å². The number of nitrogens with one attached hydrogen (secondary N) is 1. The number of thioether (sulfide) groups is 1. The standard InChI is InChI=1S/C12H18N2OS/c1-9-7-12(15)14-11(13-9)8-16-10-5-3-2-4-6-10/h7,10H,2-6,8H2,1H3,(H,13,14,15). The maximum Gasteiger partial charge on any atom is 0.251 e. The second-order valence-electron chi connectivity index (χ2n) is 4.40. The summed E-state index contributed by atoms with van der Waals surface area (Å²) >= 11 is 1.94. The lowest BCUT2D eigenvalue weighted by atomic mass is 10.0. The molecule has 0 spiro atoms. The highest BCUT2D eigenvalue weighted by Gasteiger charge is 2.14. The summed E-state index contributed by atoms with van der Waals surface area (Å²) in [4.78, 5) is 18.4. The zero-order valence-corrected chi connectivity index (χ0v) is 10.5. The van der Waals surface area contributed by atoms with Crippen LogP contribution in [0.2, 0.25) is 0 Å². The van der Waals surface area contributed by atoms with E-state index in [4.69, 9.17) is 0 Å². The molecule has 2 rings (SSSR count). The van der Waals surface area contributed by atoms with Gasteiger partial charge in [-0.05, 0) is 19.8 Å². The van der Waals surface area contributed by atoms with E-state index in [1.165, 1.54) is 38.2 Å². The molecule has 16 heavy (non-hydrogen) atoms. The van der Waals surface area contributed by atoms with Gasteiger partial charge in [-0.1, -0.05) is 19.3 Å². The Balaban J connectivity index is 1.90. The molecule has 0 bridgehead atoms. The van der Waals surface area contributed by atoms with Gasteiger partial charge in [0.1, 0.15) is 5.82 Å². The molecule has 0 amide bonds. The van der Waals surface area contributed by atoms with Gasteiger partial charge in [0.15, 0.2) is 0 Å². The van der Waals surface area contributed by atoms with Crippen LogP contribution in [0.3, 0.4) is 0 Å². The number of rotatable bonds is 3. The van der Waals surface area contributed by atoms with E-state index in [0.717, 1.165) is 22.5 Å². The van der Waals surface area contributed by atoms with E-state index in [1.54, 1.807) is 0 Å². The summed E-state index contributed by atoms with van der Waals surface area (Å²) in [6.45, 7) is 1.87. The van der Waals surface area contributed by atoms with Gasteiger partial charge in [-0.2, -0.15) is 11.8 Å². The lowest BCUT2D eigenvalue weighted by molar-refractivity contribution is 0.516. The summed E-state index contributed by atoms with van der Waals surface area (Å²) in [6, 6.07) is 1.54. The summed E-state index contributed by atoms with van der Waals surface area (Å²) in [5.74, 6) is 1.65. The summed E-state index contributed by atoms with van der Waals surface area (Å²) in [6.07, 6.45) is 6.74. The Labute approximate surface area is 100 Å². The van der Waals surface area contributed by atoms with Gasteiger partial charge in [0, 0.05) is 17.0 Å². The molecule has 4 heteroatoms. The molecule has 0 unspecified atom stereocenters. The lowest BCUT2D eigenvalue weighted by Crippen LogP contribution is -2.13. The third kappa shape index (κ3) is 3.37. The van der Waals surface area contributed by atoms with Gasteiger partial charge in [0.05, 0.1) is 5.75 Å². The van der Waals surface area contributed by atoms with Crippen molar-refractivity contribution >= 4 is 11.8 Å². The molecule has 1 N–H and O–H groups in total. The van der Waals surface area contributed by atoms with Crippen molar-refractivity contribution in [3.63, 3.8) is 0 Å². The molecule has 1 aliphatic rings. The Bertz CT molecular complexity index is 396. The molecule has 0 atom stereocenters. The third-order valence-electron chi connectivity index (χ3n) is 2.93. The van der Waals surface area contributed by atoms with Crippen LogP contribution in [0.15, 0.2) is 10.9 Å². The SMILES string of the molecule is Cc1cc(=O)[nH]c(CSC2CCCCC2)n1. The van der Waals surface area contributed by atoms with Crippen molar-refractivity contribution in [3.05, 3.63) is 27.9 Å². The molecule has 1 aromatic rings. The third-order valence-corrected chi connectivity index (χ3v) is 4.31. The van der Waals surface area contributed by atoms with Crippen molar-refractivity contribution < 1.29 is 0 Å². The van der Waals surface area contributed by atoms with Crippen molar-refractivity contribution in [1.29, 1.82) is 0 Å². The molecule has 0 aliphatic heterocycles. The number of aryl methyl sites for hydroxylation is 1. The minimum atomic E-state index is -0.0354. The Hall–Kier alpha value is -0.770. The Kier molecular flexibility index (Phi) is 4.04. The number of aromatic amines is 1. The van der Waals surface area contributed by atoms with Gasteiger partial charge in [-0.15, -0.1) is 0 Å². The van der Waals surface area contributed by atoms with E-state index in [-0.39, 0.29) is 5.56 Å². The van der Waals surface area contributed by atoms with Crippen LogP contribution in [0.1, 0.15) is 43.6 Å². The average Bonchev–Trinajstić information content (AvgIpc) is 2.27. The molecule has 88 valence electrons. The van der Waals surface area contributed by atoms with Gasteiger partial charge in [0.25, 0.3) is 5.56 Å². The zero-order chi connectivity index (χ0) is 11.4. The molecule has 1 heterocycles. The molecule has 1 aromatic heterocycles. The highest BCUT2D eigenvalue weighted by atomic mass is 32.2. The van der Waals surface area contributed by atoms with Crippen molar-refractivity contribution in [2.24, 2.45) is 0 Å². The quantitative estimate of drug-likeness (QED) is 0.880. The van der Waals surface area contributed by atoms with E-state index in [2.05, 4.69) is 9.97 Å². The number of hydrogen-bond acceptors (Lipinski definition) is 3. The topological polar surface area (TPSA) is 45.8 Å². The van der Waals surface area contributed by atoms with E-state index in [9.17, 15) is 4.79 Å². The molecule has 1 saturated carbocycles. The van der Waals surface area contributed by atoms with Crippen LogP contribution in [0.5, 0.6) is 0 Å². The zero-order valence-electron chi connectivity index (χ0n) is 9.66. The summed E-state index contributed by atoms with van der Waals surface area (Å²) in [5.41, 5.74) is 0.773. The second-order valence-corrected chi connectivity index (χ2v) is 5.69. The smallest absolute Gasteiger partial charge is 0.251 e. The molecule has 1 aliphatic carbocycles. The van der Waals surface area contributed by atoms with Crippen LogP contribution in [0.4, 0.5) is 0 Å². The first-order valence-electron chi connectivity index (χ1n) is 5.92. The summed E-state index contributed by atoms with van der Waals surface area (Å²) < 4.78 is 0. The molecule has 3 nitrogen and oxygen atoms in total. The molecule has 0 saturated heterocycles. The molecule has 1 fully saturated rings. The van der Waals surface area contributed by atoms with Gasteiger partial charge >= 0.3 is 0 Å². The minimum Gasteiger partial charge on any atom is -0.310 e. The second kappa shape index (κ2) is 5.53. The first kappa shape index (κ1) is 11.7. The van der Waals surface area contributed by atoms with Crippen LogP contribution >= 0.6 is 11.8 Å². The lowest BCUT2D eigenvalue weighted by Gasteiger charge is -2.20. The first-order chi connectivity index (χ1) is 7.74. The van der Waals surface area contributed by atoms with Crippen LogP contribution in [0.25, 0.3) is 0 Å². The Morgan fingerprint density at radius 1 is 1.44 bits per heavy atom. The predicted molar refractivity (Wildman–Crippen MR) is 67.8 cm³/mol. The number of aromatic nitrogens is 2. The Morgan fingerprint density at radius 2 is 2.19 bits per heavy atom. The highest BCUT2D eigenvalue weighted by molar-refractivity contribution is 7.99. The van der Waals surface area contributed by atoms with E-state index in [1.807, 2.05) is 18.7 Å². The van der Waals surface area contributed by atoms with Gasteiger partial charge < -0.3 is 4.98 Å². The number of H-pyrrole nitrogens is 1. The van der Waals surface area contributed by atoms with Crippen molar-refractivity contribution in [3.8, 4) is 0 Å². The largest absolute Gasteiger partial charge is 0.310 e. The van der Waals surface area contributed by atoms with Crippen LogP contribution in [-0.2, 0) is 5.75 Å². The van der Waals surface area contributed by atoms with Crippen LogP contribution in [-0.4, -0.2) is 15.2 Å². The van der Waals surface area contributed by atoms with E-state index < -0.39 is 0 Å². The monoisotopic (exact) mass is 238 g/mol.